The topological polar surface area (TPSA) is 93.2 Å². The second-order valence-electron chi connectivity index (χ2n) is 8.98. The van der Waals surface area contributed by atoms with E-state index in [1.54, 1.807) is 0 Å². The summed E-state index contributed by atoms with van der Waals surface area (Å²) in [6.45, 7) is 1.51. The zero-order valence-electron chi connectivity index (χ0n) is 18.2. The molecule has 5 rings (SSSR count). The molecule has 0 saturated carbocycles. The fourth-order valence-electron chi connectivity index (χ4n) is 5.23. The van der Waals surface area contributed by atoms with Gasteiger partial charge in [-0.05, 0) is 56.9 Å². The quantitative estimate of drug-likeness (QED) is 0.595. The number of hydrogen-bond acceptors (Lipinski definition) is 4. The number of benzene rings is 2. The van der Waals surface area contributed by atoms with Crippen LogP contribution in [-0.4, -0.2) is 27.2 Å². The Kier molecular flexibility index (Phi) is 5.35. The Morgan fingerprint density at radius 1 is 1.12 bits per heavy atom. The number of halogens is 3. The number of hydrogen-bond donors (Lipinski definition) is 2. The van der Waals surface area contributed by atoms with Gasteiger partial charge in [0, 0.05) is 11.6 Å². The summed E-state index contributed by atoms with van der Waals surface area (Å²) in [4.78, 5) is 42.6. The Morgan fingerprint density at radius 2 is 1.79 bits per heavy atom. The first kappa shape index (κ1) is 22.4. The van der Waals surface area contributed by atoms with Crippen LogP contribution in [0.4, 0.5) is 13.2 Å². The van der Waals surface area contributed by atoms with Gasteiger partial charge in [-0.1, -0.05) is 6.07 Å². The molecule has 1 amide bonds. The lowest BCUT2D eigenvalue weighted by Crippen LogP contribution is -2.54. The lowest BCUT2D eigenvalue weighted by atomic mass is 9.82. The fourth-order valence-corrected chi connectivity index (χ4v) is 5.23. The first-order chi connectivity index (χ1) is 16.2. The number of fused-ring (bicyclic) bond motifs is 3. The Hall–Kier alpha value is -3.40. The van der Waals surface area contributed by atoms with Crippen LogP contribution in [0, 0.1) is 17.5 Å². The standard InChI is InChI=1S/C24H22F3N3O4/c1-12(16-4-2-14(26)11-18(16)27)28-21(31)20(24-8-6-15(34-24)7-9-24)30-22(32)17-10-13(25)3-5-19(17)29-23(30)33/h2-5,10-12,15,20H,6-9H2,1H3,(H,28,31)(H,29,33)/t12-,15?,20-,24?/m1/s1. The number of nitrogens with zero attached hydrogens (tertiary/aromatic N) is 1. The van der Waals surface area contributed by atoms with Gasteiger partial charge in [0.15, 0.2) is 0 Å². The van der Waals surface area contributed by atoms with Gasteiger partial charge >= 0.3 is 5.69 Å². The molecule has 0 unspecified atom stereocenters. The normalized spacial score (nSPS) is 23.2. The van der Waals surface area contributed by atoms with Gasteiger partial charge in [-0.3, -0.25) is 9.59 Å². The van der Waals surface area contributed by atoms with E-state index in [4.69, 9.17) is 4.74 Å². The highest BCUT2D eigenvalue weighted by molar-refractivity contribution is 5.83. The Labute approximate surface area is 191 Å². The molecule has 2 aromatic carbocycles. The predicted molar refractivity (Wildman–Crippen MR) is 117 cm³/mol. The number of carbonyl (C=O) groups is 1. The van der Waals surface area contributed by atoms with Crippen molar-refractivity contribution in [2.45, 2.75) is 56.4 Å². The first-order valence-corrected chi connectivity index (χ1v) is 11.1. The molecule has 0 radical (unpaired) electrons. The number of aromatic nitrogens is 2. The highest BCUT2D eigenvalue weighted by Crippen LogP contribution is 2.49. The zero-order valence-corrected chi connectivity index (χ0v) is 18.2. The highest BCUT2D eigenvalue weighted by Gasteiger charge is 2.55. The molecule has 0 aliphatic carbocycles. The number of nitrogens with one attached hydrogen (secondary N) is 2. The molecule has 2 N–H and O–H groups in total. The minimum absolute atomic E-state index is 0.0458. The van der Waals surface area contributed by atoms with Crippen LogP contribution in [0.15, 0.2) is 46.0 Å². The molecule has 10 heteroatoms. The summed E-state index contributed by atoms with van der Waals surface area (Å²) in [5.74, 6) is -2.98. The van der Waals surface area contributed by atoms with Gasteiger partial charge in [0.05, 0.1) is 28.6 Å². The lowest BCUT2D eigenvalue weighted by Gasteiger charge is -2.34. The van der Waals surface area contributed by atoms with E-state index < -0.39 is 52.3 Å². The molecule has 2 fully saturated rings. The average Bonchev–Trinajstić information content (AvgIpc) is 3.39. The molecule has 2 saturated heterocycles. The smallest absolute Gasteiger partial charge is 0.329 e. The number of rotatable bonds is 5. The van der Waals surface area contributed by atoms with Gasteiger partial charge < -0.3 is 15.0 Å². The third-order valence-corrected chi connectivity index (χ3v) is 6.86. The molecule has 2 bridgehead atoms. The van der Waals surface area contributed by atoms with E-state index in [9.17, 15) is 27.6 Å². The maximum Gasteiger partial charge on any atom is 0.329 e. The van der Waals surface area contributed by atoms with Gasteiger partial charge in [0.25, 0.3) is 5.56 Å². The summed E-state index contributed by atoms with van der Waals surface area (Å²) in [6, 6.07) is 4.15. The Bertz CT molecular complexity index is 1410. The molecule has 2 aliphatic heterocycles. The molecule has 178 valence electrons. The van der Waals surface area contributed by atoms with Crippen LogP contribution in [0.3, 0.4) is 0 Å². The van der Waals surface area contributed by atoms with Gasteiger partial charge in [0.2, 0.25) is 5.91 Å². The average molecular weight is 473 g/mol. The number of aromatic amines is 1. The van der Waals surface area contributed by atoms with E-state index in [1.165, 1.54) is 19.1 Å². The van der Waals surface area contributed by atoms with Gasteiger partial charge in [-0.25, -0.2) is 22.5 Å². The van der Waals surface area contributed by atoms with Crippen LogP contribution in [0.25, 0.3) is 10.9 Å². The van der Waals surface area contributed by atoms with Gasteiger partial charge in [-0.15, -0.1) is 0 Å². The van der Waals surface area contributed by atoms with Crippen molar-refractivity contribution >= 4 is 16.8 Å². The molecule has 2 atom stereocenters. The number of amides is 1. The zero-order chi connectivity index (χ0) is 24.2. The van der Waals surface area contributed by atoms with Crippen molar-refractivity contribution in [1.29, 1.82) is 0 Å². The van der Waals surface area contributed by atoms with Crippen molar-refractivity contribution in [1.82, 2.24) is 14.9 Å². The predicted octanol–water partition coefficient (Wildman–Crippen LogP) is 3.24. The highest BCUT2D eigenvalue weighted by atomic mass is 19.1. The van der Waals surface area contributed by atoms with Crippen molar-refractivity contribution in [3.05, 3.63) is 80.3 Å². The second kappa shape index (κ2) is 8.12. The summed E-state index contributed by atoms with van der Waals surface area (Å²) in [5, 5.41) is 2.57. The minimum Gasteiger partial charge on any atom is -0.369 e. The molecule has 7 nitrogen and oxygen atoms in total. The van der Waals surface area contributed by atoms with Crippen molar-refractivity contribution in [3.8, 4) is 0 Å². The summed E-state index contributed by atoms with van der Waals surface area (Å²) in [6.07, 6.45) is 2.14. The van der Waals surface area contributed by atoms with Crippen LogP contribution in [0.1, 0.15) is 50.3 Å². The van der Waals surface area contributed by atoms with Crippen LogP contribution in [0.5, 0.6) is 0 Å². The molecule has 34 heavy (non-hydrogen) atoms. The number of ether oxygens (including phenoxy) is 1. The number of H-pyrrole nitrogens is 1. The maximum absolute atomic E-state index is 14.3. The minimum atomic E-state index is -1.37. The molecule has 3 heterocycles. The Morgan fingerprint density at radius 3 is 2.44 bits per heavy atom. The Balaban J connectivity index is 1.61. The summed E-state index contributed by atoms with van der Waals surface area (Å²) < 4.78 is 48.4. The summed E-state index contributed by atoms with van der Waals surface area (Å²) in [5.41, 5.74) is -2.58. The molecular formula is C24H22F3N3O4. The summed E-state index contributed by atoms with van der Waals surface area (Å²) in [7, 11) is 0. The van der Waals surface area contributed by atoms with Crippen molar-refractivity contribution in [2.75, 3.05) is 0 Å². The van der Waals surface area contributed by atoms with E-state index in [1.807, 2.05) is 0 Å². The van der Waals surface area contributed by atoms with Crippen LogP contribution < -0.4 is 16.6 Å². The molecular weight excluding hydrogens is 451 g/mol. The SMILES string of the molecule is C[C@@H](NC(=O)[C@@H](n1c(=O)[nH]c2ccc(F)cc2c1=O)C12CCC(CC1)O2)c1ccc(F)cc1F. The van der Waals surface area contributed by atoms with Gasteiger partial charge in [0.1, 0.15) is 23.5 Å². The second-order valence-corrected chi connectivity index (χ2v) is 8.98. The fraction of sp³-hybridized carbons (Fsp3) is 0.375. The van der Waals surface area contributed by atoms with Crippen LogP contribution in [0.2, 0.25) is 0 Å². The van der Waals surface area contributed by atoms with Gasteiger partial charge in [-0.2, -0.15) is 0 Å². The number of carbonyl (C=O) groups excluding carboxylic acids is 1. The van der Waals surface area contributed by atoms with E-state index in [0.29, 0.717) is 31.7 Å². The largest absolute Gasteiger partial charge is 0.369 e. The molecule has 3 aromatic rings. The van der Waals surface area contributed by atoms with Crippen molar-refractivity contribution in [2.24, 2.45) is 0 Å². The van der Waals surface area contributed by atoms with E-state index in [2.05, 4.69) is 10.3 Å². The maximum atomic E-state index is 14.3. The third kappa shape index (κ3) is 3.62. The summed E-state index contributed by atoms with van der Waals surface area (Å²) >= 11 is 0. The van der Waals surface area contributed by atoms with Crippen molar-refractivity contribution in [3.63, 3.8) is 0 Å². The monoisotopic (exact) mass is 473 g/mol. The molecule has 1 aromatic heterocycles. The van der Waals surface area contributed by atoms with E-state index in [0.717, 1.165) is 22.8 Å². The van der Waals surface area contributed by atoms with Crippen LogP contribution >= 0.6 is 0 Å². The molecule has 2 aliphatic rings. The van der Waals surface area contributed by atoms with Crippen molar-refractivity contribution < 1.29 is 22.7 Å². The first-order valence-electron chi connectivity index (χ1n) is 11.1. The molecule has 0 spiro atoms. The van der Waals surface area contributed by atoms with E-state index >= 15 is 0 Å². The van der Waals surface area contributed by atoms with Crippen LogP contribution in [-0.2, 0) is 9.53 Å². The van der Waals surface area contributed by atoms with E-state index in [-0.39, 0.29) is 22.6 Å². The third-order valence-electron chi connectivity index (χ3n) is 6.86. The lowest BCUT2D eigenvalue weighted by molar-refractivity contribution is -0.134.